The van der Waals surface area contributed by atoms with Gasteiger partial charge in [0, 0.05) is 5.69 Å². The van der Waals surface area contributed by atoms with E-state index >= 15 is 0 Å². The van der Waals surface area contributed by atoms with Crippen LogP contribution < -0.4 is 10.6 Å². The molecule has 1 aliphatic carbocycles. The van der Waals surface area contributed by atoms with Gasteiger partial charge in [-0.05, 0) is 50.5 Å². The summed E-state index contributed by atoms with van der Waals surface area (Å²) in [5, 5.41) is 16.6. The molecule has 1 aromatic carbocycles. The summed E-state index contributed by atoms with van der Waals surface area (Å²) in [5.41, 5.74) is 1.59. The van der Waals surface area contributed by atoms with E-state index in [2.05, 4.69) is 22.2 Å². The number of anilines is 1. The fraction of sp³-hybridized carbons (Fsp3) is 0.278. The van der Waals surface area contributed by atoms with Crippen LogP contribution in [0.2, 0.25) is 0 Å². The summed E-state index contributed by atoms with van der Waals surface area (Å²) in [4.78, 5) is 29.7. The Morgan fingerprint density at radius 1 is 1.44 bits per heavy atom. The molecule has 25 heavy (non-hydrogen) atoms. The van der Waals surface area contributed by atoms with E-state index in [1.165, 1.54) is 18.2 Å². The van der Waals surface area contributed by atoms with Gasteiger partial charge in [-0.3, -0.25) is 9.59 Å². The van der Waals surface area contributed by atoms with Crippen molar-refractivity contribution in [1.29, 1.82) is 0 Å². The Kier molecular flexibility index (Phi) is 4.85. The van der Waals surface area contributed by atoms with Gasteiger partial charge in [0.15, 0.2) is 0 Å². The molecule has 1 aliphatic rings. The van der Waals surface area contributed by atoms with E-state index in [0.717, 1.165) is 40.9 Å². The first kappa shape index (κ1) is 17.2. The van der Waals surface area contributed by atoms with Crippen molar-refractivity contribution in [2.24, 2.45) is 0 Å². The van der Waals surface area contributed by atoms with E-state index in [4.69, 9.17) is 0 Å². The molecule has 0 radical (unpaired) electrons. The molecule has 0 bridgehead atoms. The molecule has 1 unspecified atom stereocenters. The van der Waals surface area contributed by atoms with Gasteiger partial charge in [-0.1, -0.05) is 6.58 Å². The monoisotopic (exact) mass is 357 g/mol. The number of fused-ring (bicyclic) bond motifs is 1. The molecule has 3 rings (SSSR count). The van der Waals surface area contributed by atoms with Gasteiger partial charge in [0.05, 0.1) is 27.2 Å². The number of hydrogen-bond donors (Lipinski definition) is 3. The summed E-state index contributed by atoms with van der Waals surface area (Å²) in [5.74, 6) is -0.893. The van der Waals surface area contributed by atoms with Crippen molar-refractivity contribution in [3.63, 3.8) is 0 Å². The molecule has 0 spiro atoms. The van der Waals surface area contributed by atoms with E-state index in [9.17, 15) is 14.7 Å². The van der Waals surface area contributed by atoms with E-state index in [0.29, 0.717) is 5.69 Å². The molecule has 3 N–H and O–H groups in total. The largest absolute Gasteiger partial charge is 0.507 e. The van der Waals surface area contributed by atoms with Crippen LogP contribution in [0.15, 0.2) is 30.9 Å². The maximum Gasteiger partial charge on any atom is 0.255 e. The van der Waals surface area contributed by atoms with Gasteiger partial charge >= 0.3 is 0 Å². The molecule has 0 saturated carbocycles. The van der Waals surface area contributed by atoms with Crippen LogP contribution in [0.5, 0.6) is 5.75 Å². The molecule has 7 heteroatoms. The first-order valence-electron chi connectivity index (χ1n) is 8.01. The van der Waals surface area contributed by atoms with Crippen molar-refractivity contribution in [1.82, 2.24) is 10.3 Å². The molecule has 0 saturated heterocycles. The highest BCUT2D eigenvalue weighted by atomic mass is 32.1. The standard InChI is InChI=1S/C18H19N3O3S/c1-3-16(23)20-11-7-8-15(22)12(9-11)18(24)21-14-6-4-5-13-17(14)25-10(2)19-13/h3,7-9,14,22H,1,4-6H2,2H3,(H,20,23)(H,21,24). The Bertz CT molecular complexity index is 844. The number of aromatic hydroxyl groups is 1. The normalized spacial score (nSPS) is 16.0. The van der Waals surface area contributed by atoms with Crippen LogP contribution in [0.4, 0.5) is 5.69 Å². The highest BCUT2D eigenvalue weighted by Gasteiger charge is 2.26. The van der Waals surface area contributed by atoms with Gasteiger partial charge in [0.25, 0.3) is 5.91 Å². The summed E-state index contributed by atoms with van der Waals surface area (Å²) in [6.07, 6.45) is 3.87. The summed E-state index contributed by atoms with van der Waals surface area (Å²) >= 11 is 1.60. The second-order valence-corrected chi connectivity index (χ2v) is 7.12. The second-order valence-electron chi connectivity index (χ2n) is 5.89. The fourth-order valence-corrected chi connectivity index (χ4v) is 3.96. The molecule has 1 heterocycles. The lowest BCUT2D eigenvalue weighted by Crippen LogP contribution is -2.30. The van der Waals surface area contributed by atoms with Crippen molar-refractivity contribution in [3.05, 3.63) is 52.0 Å². The summed E-state index contributed by atoms with van der Waals surface area (Å²) in [7, 11) is 0. The van der Waals surface area contributed by atoms with Gasteiger partial charge in [0.2, 0.25) is 5.91 Å². The van der Waals surface area contributed by atoms with Gasteiger partial charge in [-0.15, -0.1) is 11.3 Å². The number of amides is 2. The Morgan fingerprint density at radius 3 is 3.00 bits per heavy atom. The van der Waals surface area contributed by atoms with Gasteiger partial charge in [0.1, 0.15) is 5.75 Å². The number of phenolic OH excluding ortho intramolecular Hbond substituents is 1. The Balaban J connectivity index is 1.81. The Morgan fingerprint density at radius 2 is 2.24 bits per heavy atom. The zero-order valence-corrected chi connectivity index (χ0v) is 14.7. The summed E-state index contributed by atoms with van der Waals surface area (Å²) in [6.45, 7) is 5.34. The maximum absolute atomic E-state index is 12.6. The zero-order chi connectivity index (χ0) is 18.0. The molecule has 1 aromatic heterocycles. The molecular formula is C18H19N3O3S. The first-order valence-corrected chi connectivity index (χ1v) is 8.83. The van der Waals surface area contributed by atoms with Crippen LogP contribution in [0.1, 0.15) is 44.8 Å². The number of aromatic nitrogens is 1. The van der Waals surface area contributed by atoms with Crippen molar-refractivity contribution in [3.8, 4) is 5.75 Å². The smallest absolute Gasteiger partial charge is 0.255 e. The SMILES string of the molecule is C=CC(=O)Nc1ccc(O)c(C(=O)NC2CCCc3nc(C)sc32)c1. The van der Waals surface area contributed by atoms with Crippen LogP contribution in [0.3, 0.4) is 0 Å². The highest BCUT2D eigenvalue weighted by Crippen LogP contribution is 2.34. The average Bonchev–Trinajstić information content (AvgIpc) is 2.97. The lowest BCUT2D eigenvalue weighted by atomic mass is 9.97. The predicted octanol–water partition coefficient (Wildman–Crippen LogP) is 3.09. The van der Waals surface area contributed by atoms with Crippen LogP contribution >= 0.6 is 11.3 Å². The lowest BCUT2D eigenvalue weighted by molar-refractivity contribution is -0.111. The summed E-state index contributed by atoms with van der Waals surface area (Å²) < 4.78 is 0. The van der Waals surface area contributed by atoms with Gasteiger partial charge in [-0.25, -0.2) is 4.98 Å². The molecule has 2 aromatic rings. The minimum atomic E-state index is -0.380. The second kappa shape index (κ2) is 7.06. The highest BCUT2D eigenvalue weighted by molar-refractivity contribution is 7.11. The Labute approximate surface area is 149 Å². The number of phenols is 1. The lowest BCUT2D eigenvalue weighted by Gasteiger charge is -2.22. The van der Waals surface area contributed by atoms with Gasteiger partial charge in [-0.2, -0.15) is 0 Å². The van der Waals surface area contributed by atoms with Crippen LogP contribution in [0.25, 0.3) is 0 Å². The van der Waals surface area contributed by atoms with Crippen molar-refractivity contribution in [2.75, 3.05) is 5.32 Å². The summed E-state index contributed by atoms with van der Waals surface area (Å²) in [6, 6.07) is 4.26. The minimum absolute atomic E-state index is 0.103. The zero-order valence-electron chi connectivity index (χ0n) is 13.8. The van der Waals surface area contributed by atoms with E-state index in [1.54, 1.807) is 11.3 Å². The van der Waals surface area contributed by atoms with Crippen LogP contribution in [-0.2, 0) is 11.2 Å². The third kappa shape index (κ3) is 3.71. The third-order valence-corrected chi connectivity index (χ3v) is 5.18. The van der Waals surface area contributed by atoms with E-state index < -0.39 is 0 Å². The molecule has 0 fully saturated rings. The number of thiazole rings is 1. The molecule has 6 nitrogen and oxygen atoms in total. The average molecular weight is 357 g/mol. The third-order valence-electron chi connectivity index (χ3n) is 4.06. The number of hydrogen-bond acceptors (Lipinski definition) is 5. The number of rotatable bonds is 4. The van der Waals surface area contributed by atoms with Crippen LogP contribution in [-0.4, -0.2) is 21.9 Å². The number of carbonyl (C=O) groups is 2. The van der Waals surface area contributed by atoms with E-state index in [-0.39, 0.29) is 29.2 Å². The molecule has 2 amide bonds. The predicted molar refractivity (Wildman–Crippen MR) is 96.9 cm³/mol. The minimum Gasteiger partial charge on any atom is -0.507 e. The number of benzene rings is 1. The topological polar surface area (TPSA) is 91.3 Å². The number of nitrogens with one attached hydrogen (secondary N) is 2. The molecule has 1 atom stereocenters. The molecular weight excluding hydrogens is 338 g/mol. The quantitative estimate of drug-likeness (QED) is 0.579. The van der Waals surface area contributed by atoms with E-state index in [1.807, 2.05) is 6.92 Å². The van der Waals surface area contributed by atoms with Crippen molar-refractivity contribution < 1.29 is 14.7 Å². The van der Waals surface area contributed by atoms with Crippen LogP contribution in [0, 0.1) is 6.92 Å². The molecule has 130 valence electrons. The number of aryl methyl sites for hydroxylation is 2. The Hall–Kier alpha value is -2.67. The first-order chi connectivity index (χ1) is 12.0. The van der Waals surface area contributed by atoms with Crippen molar-refractivity contribution >= 4 is 28.8 Å². The molecule has 0 aliphatic heterocycles. The number of carbonyl (C=O) groups excluding carboxylic acids is 2. The fourth-order valence-electron chi connectivity index (χ4n) is 2.90. The van der Waals surface area contributed by atoms with Crippen molar-refractivity contribution in [2.45, 2.75) is 32.2 Å². The van der Waals surface area contributed by atoms with Gasteiger partial charge < -0.3 is 15.7 Å². The number of nitrogens with zero attached hydrogens (tertiary/aromatic N) is 1. The maximum atomic E-state index is 12.6.